The van der Waals surface area contributed by atoms with Gasteiger partial charge in [-0.05, 0) is 36.4 Å². The highest BCUT2D eigenvalue weighted by Gasteiger charge is 2.14. The molecule has 3 aromatic heterocycles. The van der Waals surface area contributed by atoms with Crippen molar-refractivity contribution in [2.24, 2.45) is 0 Å². The molecule has 0 amide bonds. The van der Waals surface area contributed by atoms with E-state index in [2.05, 4.69) is 20.3 Å². The van der Waals surface area contributed by atoms with Crippen LogP contribution in [-0.2, 0) is 0 Å². The van der Waals surface area contributed by atoms with E-state index in [0.717, 1.165) is 16.1 Å². The van der Waals surface area contributed by atoms with E-state index in [-0.39, 0.29) is 5.82 Å². The highest BCUT2D eigenvalue weighted by Crippen LogP contribution is 2.27. The molecule has 5 nitrogen and oxygen atoms in total. The van der Waals surface area contributed by atoms with Crippen LogP contribution >= 0.6 is 11.3 Å². The molecule has 0 unspecified atom stereocenters. The van der Waals surface area contributed by atoms with Gasteiger partial charge in [-0.2, -0.15) is 9.61 Å². The lowest BCUT2D eigenvalue weighted by atomic mass is 10.2. The first-order valence-corrected chi connectivity index (χ1v) is 7.01. The fourth-order valence-corrected chi connectivity index (χ4v) is 2.85. The Morgan fingerprint density at radius 1 is 0.905 bits per heavy atom. The zero-order valence-electron chi connectivity index (χ0n) is 10.6. The van der Waals surface area contributed by atoms with Gasteiger partial charge >= 0.3 is 0 Å². The summed E-state index contributed by atoms with van der Waals surface area (Å²) in [4.78, 5) is 4.69. The summed E-state index contributed by atoms with van der Waals surface area (Å²) < 4.78 is 14.7. The molecular formula is C14H8FN5S. The van der Waals surface area contributed by atoms with Gasteiger partial charge < -0.3 is 0 Å². The third kappa shape index (κ3) is 2.07. The number of halogens is 1. The average molecular weight is 297 g/mol. The number of hydrogen-bond donors (Lipinski definition) is 0. The average Bonchev–Trinajstić information content (AvgIpc) is 3.09. The molecule has 1 aromatic carbocycles. The Morgan fingerprint density at radius 2 is 1.67 bits per heavy atom. The van der Waals surface area contributed by atoms with Crippen molar-refractivity contribution in [1.29, 1.82) is 0 Å². The number of rotatable bonds is 2. The Balaban J connectivity index is 1.85. The van der Waals surface area contributed by atoms with Crippen molar-refractivity contribution in [2.45, 2.75) is 0 Å². The van der Waals surface area contributed by atoms with E-state index < -0.39 is 0 Å². The standard InChI is InChI=1S/C14H8FN5S/c15-11-3-1-9(2-4-11)12-17-18-14-20(12)19-13(21-14)10-5-7-16-8-6-10/h1-8H. The van der Waals surface area contributed by atoms with E-state index in [4.69, 9.17) is 0 Å². The highest BCUT2D eigenvalue weighted by atomic mass is 32.1. The van der Waals surface area contributed by atoms with Crippen LogP contribution in [0.5, 0.6) is 0 Å². The lowest BCUT2D eigenvalue weighted by Crippen LogP contribution is -1.91. The third-order valence-electron chi connectivity index (χ3n) is 3.02. The molecule has 0 aliphatic carbocycles. The zero-order chi connectivity index (χ0) is 14.2. The predicted molar refractivity (Wildman–Crippen MR) is 77.3 cm³/mol. The minimum absolute atomic E-state index is 0.282. The number of fused-ring (bicyclic) bond motifs is 1. The van der Waals surface area contributed by atoms with Crippen molar-refractivity contribution in [3.05, 3.63) is 54.6 Å². The van der Waals surface area contributed by atoms with Crippen molar-refractivity contribution in [3.8, 4) is 22.0 Å². The zero-order valence-corrected chi connectivity index (χ0v) is 11.5. The fourth-order valence-electron chi connectivity index (χ4n) is 2.01. The molecule has 0 fully saturated rings. The molecule has 3 heterocycles. The van der Waals surface area contributed by atoms with Gasteiger partial charge in [0.05, 0.1) is 0 Å². The largest absolute Gasteiger partial charge is 0.265 e. The molecule has 0 bridgehead atoms. The lowest BCUT2D eigenvalue weighted by Gasteiger charge is -1.96. The molecule has 0 aliphatic rings. The minimum Gasteiger partial charge on any atom is -0.265 e. The summed E-state index contributed by atoms with van der Waals surface area (Å²) in [6.07, 6.45) is 3.44. The molecule has 21 heavy (non-hydrogen) atoms. The van der Waals surface area contributed by atoms with Crippen LogP contribution in [0.4, 0.5) is 4.39 Å². The number of benzene rings is 1. The second-order valence-electron chi connectivity index (χ2n) is 4.37. The van der Waals surface area contributed by atoms with Crippen LogP contribution in [0, 0.1) is 5.82 Å². The first-order valence-electron chi connectivity index (χ1n) is 6.20. The maximum absolute atomic E-state index is 13.0. The van der Waals surface area contributed by atoms with Crippen LogP contribution < -0.4 is 0 Å². The van der Waals surface area contributed by atoms with Crippen LogP contribution in [0.3, 0.4) is 0 Å². The maximum Gasteiger partial charge on any atom is 0.235 e. The lowest BCUT2D eigenvalue weighted by molar-refractivity contribution is 0.628. The van der Waals surface area contributed by atoms with Gasteiger partial charge in [-0.3, -0.25) is 4.98 Å². The first kappa shape index (κ1) is 12.1. The second-order valence-corrected chi connectivity index (χ2v) is 5.32. The molecule has 0 radical (unpaired) electrons. The number of hydrogen-bond acceptors (Lipinski definition) is 5. The van der Waals surface area contributed by atoms with Gasteiger partial charge in [0.15, 0.2) is 5.82 Å². The molecule has 4 rings (SSSR count). The molecular weight excluding hydrogens is 289 g/mol. The Labute approximate surface area is 122 Å². The quantitative estimate of drug-likeness (QED) is 0.570. The SMILES string of the molecule is Fc1ccc(-c2nnc3sc(-c4ccncc4)nn23)cc1. The van der Waals surface area contributed by atoms with Crippen LogP contribution in [-0.4, -0.2) is 24.8 Å². The van der Waals surface area contributed by atoms with E-state index in [1.165, 1.54) is 23.5 Å². The first-order chi connectivity index (χ1) is 10.3. The van der Waals surface area contributed by atoms with Gasteiger partial charge in [-0.25, -0.2) is 4.39 Å². The summed E-state index contributed by atoms with van der Waals surface area (Å²) in [6.45, 7) is 0. The number of aromatic nitrogens is 5. The third-order valence-corrected chi connectivity index (χ3v) is 3.97. The topological polar surface area (TPSA) is 56.0 Å². The summed E-state index contributed by atoms with van der Waals surface area (Å²) in [5.41, 5.74) is 1.75. The predicted octanol–water partition coefficient (Wildman–Crippen LogP) is 3.05. The summed E-state index contributed by atoms with van der Waals surface area (Å²) in [7, 11) is 0. The number of pyridine rings is 1. The maximum atomic E-state index is 13.0. The van der Waals surface area contributed by atoms with Crippen molar-refractivity contribution >= 4 is 16.3 Å². The van der Waals surface area contributed by atoms with Crippen molar-refractivity contribution in [2.75, 3.05) is 0 Å². The van der Waals surface area contributed by atoms with Crippen LogP contribution in [0.25, 0.3) is 26.9 Å². The van der Waals surface area contributed by atoms with Crippen molar-refractivity contribution < 1.29 is 4.39 Å². The van der Waals surface area contributed by atoms with Crippen LogP contribution in [0.2, 0.25) is 0 Å². The van der Waals surface area contributed by atoms with Gasteiger partial charge in [0.2, 0.25) is 4.96 Å². The Morgan fingerprint density at radius 3 is 2.43 bits per heavy atom. The van der Waals surface area contributed by atoms with E-state index >= 15 is 0 Å². The Bertz CT molecular complexity index is 898. The van der Waals surface area contributed by atoms with Gasteiger partial charge in [-0.1, -0.05) is 11.3 Å². The smallest absolute Gasteiger partial charge is 0.235 e. The molecule has 0 atom stereocenters. The summed E-state index contributed by atoms with van der Waals surface area (Å²) in [5.74, 6) is 0.316. The molecule has 0 saturated heterocycles. The van der Waals surface area contributed by atoms with Gasteiger partial charge in [-0.15, -0.1) is 10.2 Å². The van der Waals surface area contributed by atoms with E-state index in [9.17, 15) is 4.39 Å². The Kier molecular flexibility index (Phi) is 2.71. The number of nitrogens with zero attached hydrogens (tertiary/aromatic N) is 5. The molecule has 0 aliphatic heterocycles. The molecule has 0 N–H and O–H groups in total. The summed E-state index contributed by atoms with van der Waals surface area (Å²) >= 11 is 1.45. The van der Waals surface area contributed by atoms with E-state index in [1.54, 1.807) is 29.0 Å². The molecule has 0 spiro atoms. The molecule has 4 aromatic rings. The summed E-state index contributed by atoms with van der Waals surface area (Å²) in [6, 6.07) is 9.90. The molecule has 0 saturated carbocycles. The van der Waals surface area contributed by atoms with E-state index in [1.807, 2.05) is 12.1 Å². The monoisotopic (exact) mass is 297 g/mol. The van der Waals surface area contributed by atoms with Gasteiger partial charge in [0.25, 0.3) is 0 Å². The molecule has 102 valence electrons. The highest BCUT2D eigenvalue weighted by molar-refractivity contribution is 7.19. The fraction of sp³-hybridized carbons (Fsp3) is 0. The summed E-state index contributed by atoms with van der Waals surface area (Å²) in [5, 5.41) is 13.6. The van der Waals surface area contributed by atoms with Gasteiger partial charge in [0.1, 0.15) is 10.8 Å². The normalized spacial score (nSPS) is 11.1. The van der Waals surface area contributed by atoms with Crippen LogP contribution in [0.1, 0.15) is 0 Å². The van der Waals surface area contributed by atoms with Crippen LogP contribution in [0.15, 0.2) is 48.8 Å². The Hall–Kier alpha value is -2.67. The van der Waals surface area contributed by atoms with Crippen molar-refractivity contribution in [3.63, 3.8) is 0 Å². The van der Waals surface area contributed by atoms with E-state index in [0.29, 0.717) is 10.8 Å². The van der Waals surface area contributed by atoms with Crippen molar-refractivity contribution in [1.82, 2.24) is 24.8 Å². The van der Waals surface area contributed by atoms with Gasteiger partial charge in [0, 0.05) is 23.5 Å². The second kappa shape index (κ2) is 4.71. The minimum atomic E-state index is -0.282. The molecule has 7 heteroatoms.